The molecule has 0 unspecified atom stereocenters. The standard InChI is InChI=1S/C21H11N2S.C18H12N3.Zn/c1-2-5-15-13(4-1)14-9-7-12-8-10-16-19(18(12)20(14)23-15)21-17(24-16)6-3-11-22-21;1-3-7-15-13(5-1)9-11-19-17(15)21-18-16-8-4-2-6-14(16)10-12-20-18;/h1-11H;1-12H;/q2*-1;+2. The number of aromatic nitrogens is 4. The molecule has 0 spiro atoms. The molecule has 0 N–H and O–H groups in total. The first-order chi connectivity index (χ1) is 22.3. The molecular formula is C39H23N5SZn. The minimum atomic E-state index is 0. The van der Waals surface area contributed by atoms with Crippen molar-refractivity contribution in [2.75, 3.05) is 0 Å². The number of nitrogens with zero attached hydrogens (tertiary/aromatic N) is 5. The summed E-state index contributed by atoms with van der Waals surface area (Å²) in [4.78, 5) is 23.1. The maximum atomic E-state index is 4.96. The Bertz CT molecular complexity index is 2780. The second kappa shape index (κ2) is 11.6. The third kappa shape index (κ3) is 4.68. The predicted octanol–water partition coefficient (Wildman–Crippen LogP) is 9.44. The number of para-hydroxylation sites is 1. The van der Waals surface area contributed by atoms with E-state index in [9.17, 15) is 0 Å². The Balaban J connectivity index is 0.000000134. The van der Waals surface area contributed by atoms with Crippen LogP contribution in [0.2, 0.25) is 0 Å². The topological polar surface area (TPSA) is 66.3 Å². The molecule has 46 heavy (non-hydrogen) atoms. The Kier molecular flexibility index (Phi) is 7.13. The molecule has 0 saturated heterocycles. The smallest absolute Gasteiger partial charge is 0.656 e. The van der Waals surface area contributed by atoms with Gasteiger partial charge in [-0.3, -0.25) is 9.97 Å². The van der Waals surface area contributed by atoms with Crippen LogP contribution in [0.15, 0.2) is 145 Å². The van der Waals surface area contributed by atoms with Crippen molar-refractivity contribution in [1.29, 1.82) is 0 Å². The van der Waals surface area contributed by atoms with Gasteiger partial charge in [-0.2, -0.15) is 0 Å². The number of benzene rings is 5. The summed E-state index contributed by atoms with van der Waals surface area (Å²) in [5, 5.41) is 10.5. The second-order valence-corrected chi connectivity index (χ2v) is 12.0. The normalized spacial score (nSPS) is 11.9. The van der Waals surface area contributed by atoms with Crippen LogP contribution >= 0.6 is 11.3 Å². The van der Waals surface area contributed by atoms with Gasteiger partial charge in [0.1, 0.15) is 0 Å². The number of thiophene rings is 1. The van der Waals surface area contributed by atoms with E-state index in [1.54, 1.807) is 23.7 Å². The molecule has 0 radical (unpaired) electrons. The van der Waals surface area contributed by atoms with Crippen LogP contribution in [0.3, 0.4) is 0 Å². The summed E-state index contributed by atoms with van der Waals surface area (Å²) in [5.74, 6) is 0.706. The number of rotatable bonds is 1. The van der Waals surface area contributed by atoms with E-state index in [0.29, 0.717) is 11.3 Å². The van der Waals surface area contributed by atoms with Crippen LogP contribution in [-0.2, 0) is 19.5 Å². The first kappa shape index (κ1) is 28.3. The average Bonchev–Trinajstić information content (AvgIpc) is 3.68. The number of hydrogen-bond donors (Lipinski definition) is 0. The molecule has 0 aliphatic rings. The maximum Gasteiger partial charge on any atom is 2.00 e. The van der Waals surface area contributed by atoms with Crippen LogP contribution in [0.1, 0.15) is 0 Å². The van der Waals surface area contributed by atoms with Gasteiger partial charge in [-0.1, -0.05) is 103 Å². The molecule has 0 aliphatic carbocycles. The summed E-state index contributed by atoms with van der Waals surface area (Å²) in [6, 6.07) is 41.5. The first-order valence-electron chi connectivity index (χ1n) is 14.8. The first-order valence-corrected chi connectivity index (χ1v) is 15.6. The molecule has 212 valence electrons. The summed E-state index contributed by atoms with van der Waals surface area (Å²) in [7, 11) is 0. The Labute approximate surface area is 280 Å². The van der Waals surface area contributed by atoms with Crippen LogP contribution in [-0.4, -0.2) is 9.97 Å². The molecular weight excluding hydrogens is 636 g/mol. The van der Waals surface area contributed by atoms with E-state index in [-0.39, 0.29) is 19.5 Å². The van der Waals surface area contributed by atoms with Crippen molar-refractivity contribution in [3.63, 3.8) is 0 Å². The minimum absolute atomic E-state index is 0. The maximum absolute atomic E-state index is 4.96. The van der Waals surface area contributed by atoms with Crippen molar-refractivity contribution in [3.05, 3.63) is 145 Å². The van der Waals surface area contributed by atoms with Crippen LogP contribution in [0, 0.1) is 0 Å². The SMILES string of the molecule is [Zn+2].c1ccc2c(N=c3[n-]ccc4ccccc34)nccc2c1.c1ccc2c(c1)[n-]c1c2ccc2ccc3sc4cccnc4c3c21. The fourth-order valence-electron chi connectivity index (χ4n) is 6.22. The molecule has 5 nitrogen and oxygen atoms in total. The second-order valence-electron chi connectivity index (χ2n) is 10.9. The molecule has 0 saturated carbocycles. The molecule has 0 aliphatic heterocycles. The van der Waals surface area contributed by atoms with Crippen LogP contribution in [0.5, 0.6) is 0 Å². The van der Waals surface area contributed by atoms with Crippen molar-refractivity contribution >= 4 is 91.6 Å². The van der Waals surface area contributed by atoms with E-state index in [2.05, 4.69) is 80.6 Å². The fraction of sp³-hybridized carbons (Fsp3) is 0. The van der Waals surface area contributed by atoms with Gasteiger partial charge in [0, 0.05) is 27.9 Å². The molecule has 0 fully saturated rings. The van der Waals surface area contributed by atoms with Gasteiger partial charge < -0.3 is 15.0 Å². The van der Waals surface area contributed by atoms with E-state index in [4.69, 9.17) is 4.98 Å². The van der Waals surface area contributed by atoms with Crippen molar-refractivity contribution in [2.45, 2.75) is 0 Å². The Morgan fingerprint density at radius 2 is 1.30 bits per heavy atom. The summed E-state index contributed by atoms with van der Waals surface area (Å²) < 4.78 is 2.50. The van der Waals surface area contributed by atoms with Gasteiger partial charge in [-0.15, -0.1) is 22.4 Å². The molecule has 5 aromatic heterocycles. The predicted molar refractivity (Wildman–Crippen MR) is 187 cm³/mol. The molecule has 10 aromatic rings. The molecule has 5 heterocycles. The van der Waals surface area contributed by atoms with Gasteiger partial charge >= 0.3 is 19.5 Å². The van der Waals surface area contributed by atoms with Gasteiger partial charge in [0.25, 0.3) is 0 Å². The fourth-order valence-corrected chi connectivity index (χ4v) is 7.29. The van der Waals surface area contributed by atoms with E-state index < -0.39 is 0 Å². The molecule has 5 aromatic carbocycles. The average molecular weight is 659 g/mol. The summed E-state index contributed by atoms with van der Waals surface area (Å²) in [5.41, 5.74) is 3.94. The number of fused-ring (bicyclic) bond motifs is 11. The zero-order valence-corrected chi connectivity index (χ0v) is 28.4. The zero-order valence-electron chi connectivity index (χ0n) is 24.6. The molecule has 0 atom stereocenters. The Morgan fingerprint density at radius 1 is 0.543 bits per heavy atom. The third-order valence-corrected chi connectivity index (χ3v) is 9.40. The summed E-state index contributed by atoms with van der Waals surface area (Å²) in [6.07, 6.45) is 5.45. The van der Waals surface area contributed by atoms with Crippen LogP contribution < -0.4 is 15.5 Å². The molecule has 0 bridgehead atoms. The zero-order chi connectivity index (χ0) is 29.7. The van der Waals surface area contributed by atoms with E-state index in [0.717, 1.165) is 38.1 Å². The summed E-state index contributed by atoms with van der Waals surface area (Å²) in [6.45, 7) is 0. The van der Waals surface area contributed by atoms with Crippen molar-refractivity contribution in [2.24, 2.45) is 4.99 Å². The monoisotopic (exact) mass is 657 g/mol. The van der Waals surface area contributed by atoms with Crippen molar-refractivity contribution in [3.8, 4) is 0 Å². The van der Waals surface area contributed by atoms with Crippen molar-refractivity contribution < 1.29 is 19.5 Å². The van der Waals surface area contributed by atoms with E-state index in [1.807, 2.05) is 66.9 Å². The summed E-state index contributed by atoms with van der Waals surface area (Å²) >= 11 is 1.80. The van der Waals surface area contributed by atoms with Gasteiger partial charge in [0.15, 0.2) is 0 Å². The van der Waals surface area contributed by atoms with Crippen LogP contribution in [0.25, 0.3) is 74.4 Å². The van der Waals surface area contributed by atoms with Gasteiger partial charge in [0.05, 0.1) is 16.0 Å². The molecule has 7 heteroatoms. The van der Waals surface area contributed by atoms with Gasteiger partial charge in [-0.25, -0.2) is 0 Å². The van der Waals surface area contributed by atoms with Crippen molar-refractivity contribution in [1.82, 2.24) is 19.9 Å². The van der Waals surface area contributed by atoms with Gasteiger partial charge in [0.2, 0.25) is 0 Å². The molecule has 10 rings (SSSR count). The Hall–Kier alpha value is -5.23. The van der Waals surface area contributed by atoms with E-state index in [1.165, 1.54) is 36.3 Å². The number of pyridine rings is 3. The van der Waals surface area contributed by atoms with Crippen LogP contribution in [0.4, 0.5) is 5.82 Å². The number of hydrogen-bond acceptors (Lipinski definition) is 4. The third-order valence-electron chi connectivity index (χ3n) is 8.29. The van der Waals surface area contributed by atoms with Gasteiger partial charge in [-0.05, 0) is 67.5 Å². The quantitative estimate of drug-likeness (QED) is 0.165. The minimum Gasteiger partial charge on any atom is -0.656 e. The largest absolute Gasteiger partial charge is 2.00 e. The van der Waals surface area contributed by atoms with E-state index >= 15 is 0 Å². The molecule has 0 amide bonds. The Morgan fingerprint density at radius 3 is 2.20 bits per heavy atom.